The zero-order valence-corrected chi connectivity index (χ0v) is 63.1. The molecular weight excluding hydrogens is 1230 g/mol. The molecule has 0 rings (SSSR count). The first-order valence-electron chi connectivity index (χ1n) is 39.0. The van der Waals surface area contributed by atoms with Crippen LogP contribution in [-0.2, 0) is 65.4 Å². The topological polar surface area (TPSA) is 237 Å². The molecule has 19 heteroatoms. The predicted molar refractivity (Wildman–Crippen MR) is 381 cm³/mol. The summed E-state index contributed by atoms with van der Waals surface area (Å²) in [5.74, 6) is -0.561. The summed E-state index contributed by atoms with van der Waals surface area (Å²) in [6.07, 6.45) is 53.9. The van der Waals surface area contributed by atoms with E-state index in [9.17, 15) is 43.2 Å². The Balaban J connectivity index is 5.25. The standard InChI is InChI=1S/C75H146O17P2/c1-7-9-11-13-15-17-19-26-33-39-45-51-57-72(77)85-63-70(91-74(79)59-53-47-41-35-27-20-18-16-14-12-10-8-2)65-89-93(81,82)87-61-69(76)62-88-94(83,84)90-66-71(64-86-73(78)58-52-46-40-34-30-29-32-38-44-50-56-68(5)6)92-75(80)60-54-48-42-36-28-24-22-21-23-25-31-37-43-49-55-67(3)4/h67-71,76H,7-66H2,1-6H3,(H,81,82)(H,83,84)/t69-,70+,71+/m0/s1. The lowest BCUT2D eigenvalue weighted by Crippen LogP contribution is -2.30. The van der Waals surface area contributed by atoms with E-state index in [0.29, 0.717) is 25.7 Å². The van der Waals surface area contributed by atoms with Gasteiger partial charge in [0.1, 0.15) is 19.3 Å². The lowest BCUT2D eigenvalue weighted by molar-refractivity contribution is -0.161. The van der Waals surface area contributed by atoms with Crippen LogP contribution in [-0.4, -0.2) is 96.7 Å². The maximum absolute atomic E-state index is 13.1. The molecule has 5 atom stereocenters. The number of phosphoric acid groups is 2. The molecule has 0 aliphatic rings. The summed E-state index contributed by atoms with van der Waals surface area (Å²) in [5, 5.41) is 10.6. The van der Waals surface area contributed by atoms with Gasteiger partial charge in [-0.05, 0) is 37.5 Å². The molecule has 0 saturated carbocycles. The molecule has 0 fully saturated rings. The first-order chi connectivity index (χ1) is 45.4. The van der Waals surface area contributed by atoms with Crippen LogP contribution in [0.25, 0.3) is 0 Å². The molecule has 0 aliphatic heterocycles. The van der Waals surface area contributed by atoms with Crippen LogP contribution in [0.2, 0.25) is 0 Å². The van der Waals surface area contributed by atoms with E-state index in [-0.39, 0.29) is 25.7 Å². The van der Waals surface area contributed by atoms with E-state index in [1.54, 1.807) is 0 Å². The molecular formula is C75H146O17P2. The molecule has 0 aliphatic carbocycles. The second-order valence-corrected chi connectivity index (χ2v) is 30.9. The summed E-state index contributed by atoms with van der Waals surface area (Å²) in [7, 11) is -9.91. The zero-order chi connectivity index (χ0) is 69.3. The predicted octanol–water partition coefficient (Wildman–Crippen LogP) is 21.9. The minimum Gasteiger partial charge on any atom is -0.462 e. The zero-order valence-electron chi connectivity index (χ0n) is 61.3. The van der Waals surface area contributed by atoms with E-state index in [1.807, 2.05) is 0 Å². The molecule has 0 heterocycles. The van der Waals surface area contributed by atoms with Gasteiger partial charge in [0, 0.05) is 25.7 Å². The highest BCUT2D eigenvalue weighted by molar-refractivity contribution is 7.47. The highest BCUT2D eigenvalue weighted by Gasteiger charge is 2.30. The largest absolute Gasteiger partial charge is 0.472 e. The van der Waals surface area contributed by atoms with Crippen molar-refractivity contribution >= 4 is 39.5 Å². The van der Waals surface area contributed by atoms with Crippen molar-refractivity contribution in [3.8, 4) is 0 Å². The van der Waals surface area contributed by atoms with Gasteiger partial charge >= 0.3 is 39.5 Å². The van der Waals surface area contributed by atoms with Gasteiger partial charge in [-0.3, -0.25) is 37.3 Å². The number of aliphatic hydroxyl groups excluding tert-OH is 1. The minimum absolute atomic E-state index is 0.107. The summed E-state index contributed by atoms with van der Waals surface area (Å²) in [5.41, 5.74) is 0. The summed E-state index contributed by atoms with van der Waals surface area (Å²) in [6, 6.07) is 0. The highest BCUT2D eigenvalue weighted by atomic mass is 31.2. The van der Waals surface area contributed by atoms with E-state index >= 15 is 0 Å². The molecule has 2 unspecified atom stereocenters. The number of phosphoric ester groups is 2. The van der Waals surface area contributed by atoms with Crippen LogP contribution in [0.5, 0.6) is 0 Å². The molecule has 0 radical (unpaired) electrons. The van der Waals surface area contributed by atoms with E-state index in [0.717, 1.165) is 102 Å². The number of hydrogen-bond acceptors (Lipinski definition) is 15. The summed E-state index contributed by atoms with van der Waals surface area (Å²) in [6.45, 7) is 9.61. The van der Waals surface area contributed by atoms with E-state index in [4.69, 9.17) is 37.0 Å². The second kappa shape index (κ2) is 66.9. The summed E-state index contributed by atoms with van der Waals surface area (Å²) in [4.78, 5) is 72.8. The van der Waals surface area contributed by atoms with Crippen molar-refractivity contribution in [3.05, 3.63) is 0 Å². The van der Waals surface area contributed by atoms with Crippen molar-refractivity contribution in [1.29, 1.82) is 0 Å². The first-order valence-corrected chi connectivity index (χ1v) is 42.0. The second-order valence-electron chi connectivity index (χ2n) is 28.0. The molecule has 0 bridgehead atoms. The Morgan fingerprint density at radius 3 is 0.723 bits per heavy atom. The van der Waals surface area contributed by atoms with Crippen molar-refractivity contribution in [2.24, 2.45) is 11.8 Å². The molecule has 0 aromatic rings. The number of carbonyl (C=O) groups is 4. The fourth-order valence-electron chi connectivity index (χ4n) is 11.5. The molecule has 0 aromatic carbocycles. The van der Waals surface area contributed by atoms with Gasteiger partial charge in [-0.2, -0.15) is 0 Å². The van der Waals surface area contributed by atoms with Gasteiger partial charge in [-0.15, -0.1) is 0 Å². The number of carbonyl (C=O) groups excluding carboxylic acids is 4. The van der Waals surface area contributed by atoms with E-state index < -0.39 is 97.5 Å². The molecule has 3 N–H and O–H groups in total. The quantitative estimate of drug-likeness (QED) is 0.0222. The minimum atomic E-state index is -4.96. The van der Waals surface area contributed by atoms with Gasteiger partial charge in [-0.1, -0.05) is 337 Å². The van der Waals surface area contributed by atoms with Crippen LogP contribution >= 0.6 is 15.6 Å². The highest BCUT2D eigenvalue weighted by Crippen LogP contribution is 2.45. The van der Waals surface area contributed by atoms with Crippen molar-refractivity contribution in [1.82, 2.24) is 0 Å². The normalized spacial score (nSPS) is 14.0. The van der Waals surface area contributed by atoms with Crippen LogP contribution < -0.4 is 0 Å². The number of unbranched alkanes of at least 4 members (excludes halogenated alkanes) is 44. The number of hydrogen-bond donors (Lipinski definition) is 3. The van der Waals surface area contributed by atoms with Gasteiger partial charge in [0.15, 0.2) is 12.2 Å². The number of aliphatic hydroxyl groups is 1. The monoisotopic (exact) mass is 1380 g/mol. The molecule has 558 valence electrons. The van der Waals surface area contributed by atoms with Gasteiger partial charge in [0.25, 0.3) is 0 Å². The molecule has 94 heavy (non-hydrogen) atoms. The van der Waals surface area contributed by atoms with Crippen LogP contribution in [0.4, 0.5) is 0 Å². The molecule has 0 aromatic heterocycles. The van der Waals surface area contributed by atoms with Gasteiger partial charge in [0.05, 0.1) is 26.4 Å². The number of ether oxygens (including phenoxy) is 4. The third-order valence-electron chi connectivity index (χ3n) is 17.5. The SMILES string of the molecule is CCCCCCCCCCCCCCC(=O)OC[C@H](COP(=O)(O)OC[C@H](O)COP(=O)(O)OC[C@@H](COC(=O)CCCCCCCCCCCCC(C)C)OC(=O)CCCCCCCCCCCCCCCCC(C)C)OC(=O)CCCCCCCCCCCCCC. The lowest BCUT2D eigenvalue weighted by Gasteiger charge is -2.21. The summed E-state index contributed by atoms with van der Waals surface area (Å²) >= 11 is 0. The van der Waals surface area contributed by atoms with Crippen LogP contribution in [0.15, 0.2) is 0 Å². The van der Waals surface area contributed by atoms with Crippen LogP contribution in [0.1, 0.15) is 388 Å². The number of esters is 4. The van der Waals surface area contributed by atoms with Crippen molar-refractivity contribution in [2.45, 2.75) is 407 Å². The fourth-order valence-corrected chi connectivity index (χ4v) is 13.1. The summed E-state index contributed by atoms with van der Waals surface area (Å²) < 4.78 is 68.5. The smallest absolute Gasteiger partial charge is 0.462 e. The van der Waals surface area contributed by atoms with Crippen molar-refractivity contribution in [3.63, 3.8) is 0 Å². The lowest BCUT2D eigenvalue weighted by atomic mass is 10.0. The van der Waals surface area contributed by atoms with Gasteiger partial charge < -0.3 is 33.8 Å². The van der Waals surface area contributed by atoms with Crippen LogP contribution in [0, 0.1) is 11.8 Å². The molecule has 0 amide bonds. The maximum atomic E-state index is 13.1. The maximum Gasteiger partial charge on any atom is 0.472 e. The molecule has 0 saturated heterocycles. The van der Waals surface area contributed by atoms with Crippen LogP contribution in [0.3, 0.4) is 0 Å². The molecule has 0 spiro atoms. The Labute approximate surface area is 575 Å². The van der Waals surface area contributed by atoms with E-state index in [2.05, 4.69) is 41.5 Å². The van der Waals surface area contributed by atoms with Crippen molar-refractivity contribution in [2.75, 3.05) is 39.6 Å². The molecule has 17 nitrogen and oxygen atoms in total. The Kier molecular flexibility index (Phi) is 65.5. The Morgan fingerprint density at radius 2 is 0.489 bits per heavy atom. The average Bonchev–Trinajstić information content (AvgIpc) is 2.17. The first kappa shape index (κ1) is 92.1. The Bertz CT molecular complexity index is 1820. The number of rotatable bonds is 74. The fraction of sp³-hybridized carbons (Fsp3) is 0.947. The third kappa shape index (κ3) is 68.6. The Morgan fingerprint density at radius 1 is 0.287 bits per heavy atom. The Hall–Kier alpha value is -1.94. The average molecular weight is 1380 g/mol. The third-order valence-corrected chi connectivity index (χ3v) is 19.4. The van der Waals surface area contributed by atoms with Gasteiger partial charge in [-0.25, -0.2) is 9.13 Å². The van der Waals surface area contributed by atoms with Gasteiger partial charge in [0.2, 0.25) is 0 Å². The van der Waals surface area contributed by atoms with E-state index in [1.165, 1.54) is 205 Å². The van der Waals surface area contributed by atoms with Crippen molar-refractivity contribution < 1.29 is 80.2 Å².